The molecule has 0 aliphatic heterocycles. The van der Waals surface area contributed by atoms with E-state index in [1.807, 2.05) is 37.2 Å². The summed E-state index contributed by atoms with van der Waals surface area (Å²) in [5.74, 6) is 0. The van der Waals surface area contributed by atoms with Crippen molar-refractivity contribution in [2.45, 2.75) is 13.8 Å². The summed E-state index contributed by atoms with van der Waals surface area (Å²) in [5, 5.41) is 0. The lowest BCUT2D eigenvalue weighted by molar-refractivity contribution is 1.09. The molecule has 1 rings (SSSR count). The van der Waals surface area contributed by atoms with Crippen LogP contribution in [0.25, 0.3) is 0 Å². The Hall–Kier alpha value is -1.57. The van der Waals surface area contributed by atoms with Crippen molar-refractivity contribution in [1.29, 1.82) is 0 Å². The van der Waals surface area contributed by atoms with Crippen LogP contribution in [0, 0.1) is 0 Å². The molecule has 0 aliphatic carbocycles. The van der Waals surface area contributed by atoms with Gasteiger partial charge in [0.25, 0.3) is 0 Å². The monoisotopic (exact) mass is 188 g/mol. The summed E-state index contributed by atoms with van der Waals surface area (Å²) in [6, 6.07) is 3.94. The van der Waals surface area contributed by atoms with Gasteiger partial charge in [-0.2, -0.15) is 0 Å². The summed E-state index contributed by atoms with van der Waals surface area (Å²) in [7, 11) is 1.99. The number of aromatic nitrogens is 1. The Labute approximate surface area is 85.6 Å². The molecule has 0 amide bonds. The Bertz CT molecular complexity index is 339. The first-order chi connectivity index (χ1) is 6.66. The molecule has 1 heterocycles. The minimum Gasteiger partial charge on any atom is -0.344 e. The van der Waals surface area contributed by atoms with Crippen LogP contribution < -0.4 is 4.90 Å². The molecule has 0 saturated heterocycles. The number of hydrogen-bond donors (Lipinski definition) is 0. The summed E-state index contributed by atoms with van der Waals surface area (Å²) in [6.07, 6.45) is 5.64. The predicted octanol–water partition coefficient (Wildman–Crippen LogP) is 3.00. The van der Waals surface area contributed by atoms with Crippen molar-refractivity contribution in [3.63, 3.8) is 0 Å². The van der Waals surface area contributed by atoms with E-state index in [0.29, 0.717) is 0 Å². The van der Waals surface area contributed by atoms with Gasteiger partial charge in [-0.15, -0.1) is 0 Å². The maximum atomic E-state index is 4.07. The molecule has 0 aliphatic rings. The fourth-order valence-corrected chi connectivity index (χ4v) is 1.14. The van der Waals surface area contributed by atoms with Gasteiger partial charge >= 0.3 is 0 Å². The average molecular weight is 188 g/mol. The van der Waals surface area contributed by atoms with Gasteiger partial charge in [0.15, 0.2) is 0 Å². The Balaban J connectivity index is 2.87. The van der Waals surface area contributed by atoms with Crippen molar-refractivity contribution in [3.8, 4) is 0 Å². The zero-order valence-corrected chi connectivity index (χ0v) is 8.99. The minimum absolute atomic E-state index is 1.00. The first-order valence-electron chi connectivity index (χ1n) is 4.62. The highest BCUT2D eigenvalue weighted by molar-refractivity contribution is 5.53. The molecular weight excluding hydrogens is 172 g/mol. The Morgan fingerprint density at radius 3 is 2.79 bits per heavy atom. The molecule has 0 fully saturated rings. The van der Waals surface area contributed by atoms with Crippen molar-refractivity contribution >= 4 is 5.69 Å². The molecule has 0 saturated carbocycles. The van der Waals surface area contributed by atoms with E-state index in [9.17, 15) is 0 Å². The van der Waals surface area contributed by atoms with E-state index in [2.05, 4.69) is 24.6 Å². The van der Waals surface area contributed by atoms with Crippen LogP contribution in [-0.4, -0.2) is 12.0 Å². The summed E-state index contributed by atoms with van der Waals surface area (Å²) < 4.78 is 0. The fraction of sp³-hybridized carbons (Fsp3) is 0.250. The van der Waals surface area contributed by atoms with Gasteiger partial charge in [0.1, 0.15) is 0 Å². The van der Waals surface area contributed by atoms with Gasteiger partial charge in [0.05, 0.1) is 11.9 Å². The molecule has 2 heteroatoms. The second-order valence-corrected chi connectivity index (χ2v) is 3.19. The Morgan fingerprint density at radius 1 is 1.57 bits per heavy atom. The molecule has 0 atom stereocenters. The lowest BCUT2D eigenvalue weighted by Gasteiger charge is -2.21. The van der Waals surface area contributed by atoms with E-state index < -0.39 is 0 Å². The number of nitrogens with zero attached hydrogens (tertiary/aromatic N) is 2. The van der Waals surface area contributed by atoms with Crippen molar-refractivity contribution in [2.75, 3.05) is 11.9 Å². The van der Waals surface area contributed by atoms with Gasteiger partial charge in [-0.25, -0.2) is 0 Å². The number of hydrogen-bond acceptors (Lipinski definition) is 2. The lowest BCUT2D eigenvalue weighted by atomic mass is 10.2. The quantitative estimate of drug-likeness (QED) is 0.678. The standard InChI is InChI=1S/C12H16N2/c1-5-10(2)11(3)14(4)12-7-6-8-13-9-12/h5-9H,3H2,1-2,4H3/b10-5+. The van der Waals surface area contributed by atoms with Gasteiger partial charge in [-0.05, 0) is 31.6 Å². The molecule has 0 bridgehead atoms. The Kier molecular flexibility index (Phi) is 3.46. The van der Waals surface area contributed by atoms with E-state index in [-0.39, 0.29) is 0 Å². The van der Waals surface area contributed by atoms with E-state index >= 15 is 0 Å². The molecule has 14 heavy (non-hydrogen) atoms. The lowest BCUT2D eigenvalue weighted by Crippen LogP contribution is -2.16. The predicted molar refractivity (Wildman–Crippen MR) is 61.2 cm³/mol. The van der Waals surface area contributed by atoms with Gasteiger partial charge in [-0.3, -0.25) is 4.98 Å². The summed E-state index contributed by atoms with van der Waals surface area (Å²) in [5.41, 5.74) is 3.23. The zero-order valence-electron chi connectivity index (χ0n) is 8.99. The van der Waals surface area contributed by atoms with Crippen molar-refractivity contribution in [3.05, 3.63) is 48.5 Å². The van der Waals surface area contributed by atoms with Gasteiger partial charge < -0.3 is 4.90 Å². The largest absolute Gasteiger partial charge is 0.344 e. The summed E-state index contributed by atoms with van der Waals surface area (Å²) in [4.78, 5) is 6.10. The minimum atomic E-state index is 1.00. The highest BCUT2D eigenvalue weighted by Crippen LogP contribution is 2.18. The number of likely N-dealkylation sites (N-methyl/N-ethyl adjacent to an activating group) is 1. The van der Waals surface area contributed by atoms with E-state index in [0.717, 1.165) is 11.4 Å². The molecule has 0 N–H and O–H groups in total. The normalized spacial score (nSPS) is 11.2. The zero-order chi connectivity index (χ0) is 10.6. The van der Waals surface area contributed by atoms with Gasteiger partial charge in [0.2, 0.25) is 0 Å². The van der Waals surface area contributed by atoms with Crippen molar-refractivity contribution in [2.24, 2.45) is 0 Å². The smallest absolute Gasteiger partial charge is 0.0594 e. The van der Waals surface area contributed by atoms with Gasteiger partial charge in [0, 0.05) is 18.9 Å². The molecule has 2 nitrogen and oxygen atoms in total. The SMILES string of the molecule is C=C(/C(C)=C/C)N(C)c1cccnc1. The maximum Gasteiger partial charge on any atom is 0.0594 e. The van der Waals surface area contributed by atoms with E-state index in [4.69, 9.17) is 0 Å². The fourth-order valence-electron chi connectivity index (χ4n) is 1.14. The highest BCUT2D eigenvalue weighted by atomic mass is 15.1. The first kappa shape index (κ1) is 10.5. The number of anilines is 1. The second-order valence-electron chi connectivity index (χ2n) is 3.19. The van der Waals surface area contributed by atoms with E-state index in [1.54, 1.807) is 6.20 Å². The van der Waals surface area contributed by atoms with Crippen LogP contribution in [0.5, 0.6) is 0 Å². The van der Waals surface area contributed by atoms with Crippen LogP contribution in [0.1, 0.15) is 13.8 Å². The molecule has 1 aromatic heterocycles. The van der Waals surface area contributed by atoms with Crippen molar-refractivity contribution in [1.82, 2.24) is 4.98 Å². The van der Waals surface area contributed by atoms with Crippen LogP contribution in [-0.2, 0) is 0 Å². The molecular formula is C12H16N2. The number of allylic oxidation sites excluding steroid dienone is 2. The summed E-state index contributed by atoms with van der Waals surface area (Å²) in [6.45, 7) is 8.09. The molecule has 0 radical (unpaired) electrons. The van der Waals surface area contributed by atoms with Crippen LogP contribution in [0.3, 0.4) is 0 Å². The van der Waals surface area contributed by atoms with Gasteiger partial charge in [-0.1, -0.05) is 12.7 Å². The average Bonchev–Trinajstić information content (AvgIpc) is 2.27. The number of pyridine rings is 1. The third-order valence-electron chi connectivity index (χ3n) is 2.33. The molecule has 0 aromatic carbocycles. The molecule has 0 unspecified atom stereocenters. The van der Waals surface area contributed by atoms with Crippen LogP contribution >= 0.6 is 0 Å². The first-order valence-corrected chi connectivity index (χ1v) is 4.62. The third-order valence-corrected chi connectivity index (χ3v) is 2.33. The number of rotatable bonds is 3. The maximum absolute atomic E-state index is 4.07. The van der Waals surface area contributed by atoms with E-state index in [1.165, 1.54) is 5.57 Å². The molecule has 74 valence electrons. The highest BCUT2D eigenvalue weighted by Gasteiger charge is 2.05. The van der Waals surface area contributed by atoms with Crippen molar-refractivity contribution < 1.29 is 0 Å². The second kappa shape index (κ2) is 4.61. The van der Waals surface area contributed by atoms with Crippen LogP contribution in [0.2, 0.25) is 0 Å². The molecule has 0 spiro atoms. The van der Waals surface area contributed by atoms with Crippen LogP contribution in [0.15, 0.2) is 48.5 Å². The summed E-state index contributed by atoms with van der Waals surface area (Å²) >= 11 is 0. The Morgan fingerprint density at radius 2 is 2.29 bits per heavy atom. The third kappa shape index (κ3) is 2.22. The van der Waals surface area contributed by atoms with Crippen LogP contribution in [0.4, 0.5) is 5.69 Å². The molecule has 1 aromatic rings. The topological polar surface area (TPSA) is 16.1 Å².